The molecule has 1 aliphatic rings. The predicted molar refractivity (Wildman–Crippen MR) is 137 cm³/mol. The highest BCUT2D eigenvalue weighted by molar-refractivity contribution is 9.10. The maximum atomic E-state index is 15.4. The maximum Gasteiger partial charge on any atom is 0.298 e. The van der Waals surface area contributed by atoms with Crippen LogP contribution in [0.5, 0.6) is 5.75 Å². The van der Waals surface area contributed by atoms with Gasteiger partial charge >= 0.3 is 0 Å². The van der Waals surface area contributed by atoms with Crippen molar-refractivity contribution >= 4 is 42.6 Å². The van der Waals surface area contributed by atoms with Gasteiger partial charge in [0.05, 0.1) is 11.0 Å². The molecule has 0 unspecified atom stereocenters. The number of amides is 1. The normalized spacial score (nSPS) is 16.2. The van der Waals surface area contributed by atoms with Gasteiger partial charge in [-0.2, -0.15) is 13.1 Å². The van der Waals surface area contributed by atoms with E-state index in [1.54, 1.807) is 18.2 Å². The van der Waals surface area contributed by atoms with Crippen molar-refractivity contribution in [2.45, 2.75) is 55.1 Å². The van der Waals surface area contributed by atoms with Crippen molar-refractivity contribution in [1.29, 1.82) is 0 Å². The largest absolute Gasteiger partial charge is 0.490 e. The molecule has 1 fully saturated rings. The fourth-order valence-corrected chi connectivity index (χ4v) is 6.16. The standard InChI is InChI=1S/C26H27BrF2N2O4S/c1-31(24(25(30)32)26(28,29)19-9-11-20(27)12-10-19)36(33,34)23-14-8-17-15-22(13-7-18(17)16-23)35-21-5-3-2-4-6-21/h7-16,21,24H,2-6H2,1H3,(H2,30,32)/t24-/m0/s1. The lowest BCUT2D eigenvalue weighted by Gasteiger charge is -2.31. The number of carbonyl (C=O) groups excluding carboxylic acids is 1. The molecule has 4 rings (SSSR count). The summed E-state index contributed by atoms with van der Waals surface area (Å²) in [6, 6.07) is 12.2. The number of nitrogens with zero attached hydrogens (tertiary/aromatic N) is 1. The van der Waals surface area contributed by atoms with E-state index in [1.165, 1.54) is 30.7 Å². The molecule has 0 aliphatic heterocycles. The molecule has 0 saturated heterocycles. The van der Waals surface area contributed by atoms with Crippen LogP contribution in [0.25, 0.3) is 10.8 Å². The first-order chi connectivity index (χ1) is 17.0. The number of likely N-dealkylation sites (N-methyl/N-ethyl adjacent to an activating group) is 1. The summed E-state index contributed by atoms with van der Waals surface area (Å²) >= 11 is 3.17. The van der Waals surface area contributed by atoms with Crippen LogP contribution in [0.4, 0.5) is 8.78 Å². The summed E-state index contributed by atoms with van der Waals surface area (Å²) in [7, 11) is -3.56. The van der Waals surface area contributed by atoms with Gasteiger partial charge in [0.15, 0.2) is 6.04 Å². The number of sulfonamides is 1. The molecular formula is C26H27BrF2N2O4S. The van der Waals surface area contributed by atoms with Crippen LogP contribution in [0.15, 0.2) is 70.0 Å². The van der Waals surface area contributed by atoms with Crippen LogP contribution >= 0.6 is 15.9 Å². The number of nitrogens with two attached hydrogens (primary N) is 1. The minimum absolute atomic E-state index is 0.169. The third kappa shape index (κ3) is 5.40. The molecule has 6 nitrogen and oxygen atoms in total. The van der Waals surface area contributed by atoms with Gasteiger partial charge < -0.3 is 10.5 Å². The molecule has 1 amide bonds. The molecule has 36 heavy (non-hydrogen) atoms. The van der Waals surface area contributed by atoms with E-state index in [2.05, 4.69) is 15.9 Å². The summed E-state index contributed by atoms with van der Waals surface area (Å²) in [4.78, 5) is 11.9. The minimum atomic E-state index is -4.49. The summed E-state index contributed by atoms with van der Waals surface area (Å²) in [6.45, 7) is 0. The fourth-order valence-electron chi connectivity index (χ4n) is 4.53. The molecule has 3 aromatic rings. The van der Waals surface area contributed by atoms with E-state index >= 15 is 8.78 Å². The Morgan fingerprint density at radius 1 is 1.03 bits per heavy atom. The van der Waals surface area contributed by atoms with Crippen LogP contribution in [0.2, 0.25) is 0 Å². The maximum absolute atomic E-state index is 15.4. The van der Waals surface area contributed by atoms with Gasteiger partial charge in [-0.25, -0.2) is 8.42 Å². The van der Waals surface area contributed by atoms with Crippen LogP contribution in [0.3, 0.4) is 0 Å². The van der Waals surface area contributed by atoms with Gasteiger partial charge in [0.2, 0.25) is 15.9 Å². The number of ether oxygens (including phenoxy) is 1. The lowest BCUT2D eigenvalue weighted by atomic mass is 9.98. The molecule has 0 heterocycles. The average molecular weight is 581 g/mol. The number of benzene rings is 3. The lowest BCUT2D eigenvalue weighted by molar-refractivity contribution is -0.136. The first kappa shape index (κ1) is 26.5. The summed E-state index contributed by atoms with van der Waals surface area (Å²) in [5.41, 5.74) is 4.77. The fraction of sp³-hybridized carbons (Fsp3) is 0.346. The van der Waals surface area contributed by atoms with Gasteiger partial charge in [-0.05, 0) is 72.9 Å². The Kier molecular flexibility index (Phi) is 7.68. The van der Waals surface area contributed by atoms with E-state index < -0.39 is 33.5 Å². The molecule has 0 spiro atoms. The summed E-state index contributed by atoms with van der Waals surface area (Å²) in [5.74, 6) is -4.62. The zero-order chi connectivity index (χ0) is 26.1. The van der Waals surface area contributed by atoms with Crippen molar-refractivity contribution in [2.75, 3.05) is 7.05 Å². The molecule has 0 radical (unpaired) electrons. The third-order valence-corrected chi connectivity index (χ3v) is 8.87. The van der Waals surface area contributed by atoms with E-state index in [0.29, 0.717) is 19.9 Å². The number of carbonyl (C=O) groups is 1. The van der Waals surface area contributed by atoms with Crippen molar-refractivity contribution in [3.63, 3.8) is 0 Å². The SMILES string of the molecule is CN([C@@H](C(N)=O)C(F)(F)c1ccc(Br)cc1)S(=O)(=O)c1ccc2cc(OC3CCCCC3)ccc2c1. The van der Waals surface area contributed by atoms with Gasteiger partial charge in [-0.3, -0.25) is 4.79 Å². The summed E-state index contributed by atoms with van der Waals surface area (Å²) in [5, 5.41) is 1.34. The molecule has 0 bridgehead atoms. The first-order valence-electron chi connectivity index (χ1n) is 11.6. The molecule has 3 aromatic carbocycles. The van der Waals surface area contributed by atoms with E-state index in [4.69, 9.17) is 10.5 Å². The molecule has 2 N–H and O–H groups in total. The zero-order valence-electron chi connectivity index (χ0n) is 19.7. The number of fused-ring (bicyclic) bond motifs is 1. The Morgan fingerprint density at radius 2 is 1.64 bits per heavy atom. The lowest BCUT2D eigenvalue weighted by Crippen LogP contribution is -2.54. The van der Waals surface area contributed by atoms with E-state index in [9.17, 15) is 13.2 Å². The van der Waals surface area contributed by atoms with Crippen molar-refractivity contribution in [3.8, 4) is 5.75 Å². The Hall–Kier alpha value is -2.56. The summed E-state index contributed by atoms with van der Waals surface area (Å²) in [6.07, 6.45) is 5.68. The number of hydrogen-bond donors (Lipinski definition) is 1. The molecule has 1 saturated carbocycles. The predicted octanol–water partition coefficient (Wildman–Crippen LogP) is 5.58. The number of hydrogen-bond acceptors (Lipinski definition) is 4. The van der Waals surface area contributed by atoms with E-state index in [0.717, 1.165) is 50.2 Å². The van der Waals surface area contributed by atoms with Crippen LogP contribution in [-0.4, -0.2) is 37.8 Å². The second-order valence-corrected chi connectivity index (χ2v) is 11.9. The van der Waals surface area contributed by atoms with E-state index in [-0.39, 0.29) is 11.0 Å². The number of primary amides is 1. The van der Waals surface area contributed by atoms with E-state index in [1.807, 2.05) is 6.07 Å². The van der Waals surface area contributed by atoms with Gasteiger partial charge in [0, 0.05) is 17.1 Å². The van der Waals surface area contributed by atoms with Gasteiger partial charge in [-0.1, -0.05) is 46.6 Å². The van der Waals surface area contributed by atoms with Crippen LogP contribution in [-0.2, 0) is 20.7 Å². The highest BCUT2D eigenvalue weighted by Gasteiger charge is 2.51. The van der Waals surface area contributed by atoms with Crippen LogP contribution < -0.4 is 10.5 Å². The number of alkyl halides is 2. The van der Waals surface area contributed by atoms with Crippen molar-refractivity contribution in [2.24, 2.45) is 5.73 Å². The molecule has 1 aliphatic carbocycles. The minimum Gasteiger partial charge on any atom is -0.490 e. The highest BCUT2D eigenvalue weighted by Crippen LogP contribution is 2.37. The Bertz CT molecular complexity index is 1360. The second-order valence-electron chi connectivity index (χ2n) is 9.00. The Labute approximate surface area is 217 Å². The molecule has 0 aromatic heterocycles. The average Bonchev–Trinajstić information content (AvgIpc) is 2.84. The zero-order valence-corrected chi connectivity index (χ0v) is 22.1. The third-order valence-electron chi connectivity index (χ3n) is 6.52. The quantitative estimate of drug-likeness (QED) is 0.376. The van der Waals surface area contributed by atoms with Crippen molar-refractivity contribution < 1.29 is 26.7 Å². The highest BCUT2D eigenvalue weighted by atomic mass is 79.9. The van der Waals surface area contributed by atoms with Gasteiger partial charge in [0.25, 0.3) is 5.92 Å². The molecule has 1 atom stereocenters. The van der Waals surface area contributed by atoms with Gasteiger partial charge in [-0.15, -0.1) is 0 Å². The van der Waals surface area contributed by atoms with Crippen LogP contribution in [0, 0.1) is 0 Å². The molecular weight excluding hydrogens is 554 g/mol. The number of halogens is 3. The monoisotopic (exact) mass is 580 g/mol. The van der Waals surface area contributed by atoms with Crippen molar-refractivity contribution in [3.05, 3.63) is 70.7 Å². The second kappa shape index (κ2) is 10.4. The first-order valence-corrected chi connectivity index (χ1v) is 13.8. The van der Waals surface area contributed by atoms with Crippen molar-refractivity contribution in [1.82, 2.24) is 4.31 Å². The Balaban J connectivity index is 1.62. The smallest absolute Gasteiger partial charge is 0.298 e. The van der Waals surface area contributed by atoms with Gasteiger partial charge in [0.1, 0.15) is 5.75 Å². The number of rotatable bonds is 8. The molecule has 192 valence electrons. The Morgan fingerprint density at radius 3 is 2.28 bits per heavy atom. The molecule has 10 heteroatoms. The van der Waals surface area contributed by atoms with Crippen LogP contribution in [0.1, 0.15) is 37.7 Å². The summed E-state index contributed by atoms with van der Waals surface area (Å²) < 4.78 is 64.4. The topological polar surface area (TPSA) is 89.7 Å².